The number of thiazole rings is 1. The average molecular weight is 416 g/mol. The van der Waals surface area contributed by atoms with E-state index in [9.17, 15) is 4.39 Å². The summed E-state index contributed by atoms with van der Waals surface area (Å²) < 4.78 is 20.9. The fourth-order valence-corrected chi connectivity index (χ4v) is 3.99. The monoisotopic (exact) mass is 415 g/mol. The SMILES string of the molecule is Fc1cccc(C=Nn2c(-c3ccc(Cl)cc3)csc2=NCC2CCCO2)c1. The van der Waals surface area contributed by atoms with Gasteiger partial charge in [0.15, 0.2) is 0 Å². The second kappa shape index (κ2) is 8.82. The second-order valence-corrected chi connectivity index (χ2v) is 7.77. The summed E-state index contributed by atoms with van der Waals surface area (Å²) in [6.07, 6.45) is 3.92. The smallest absolute Gasteiger partial charge is 0.206 e. The lowest BCUT2D eigenvalue weighted by molar-refractivity contribution is 0.117. The van der Waals surface area contributed by atoms with Gasteiger partial charge in [0.05, 0.1) is 24.6 Å². The molecule has 0 radical (unpaired) electrons. The van der Waals surface area contributed by atoms with Crippen LogP contribution < -0.4 is 4.80 Å². The van der Waals surface area contributed by atoms with Gasteiger partial charge in [-0.1, -0.05) is 35.9 Å². The van der Waals surface area contributed by atoms with Crippen molar-refractivity contribution >= 4 is 29.2 Å². The third-order valence-electron chi connectivity index (χ3n) is 4.45. The van der Waals surface area contributed by atoms with E-state index in [2.05, 4.69) is 5.10 Å². The zero-order chi connectivity index (χ0) is 19.3. The molecule has 1 aliphatic rings. The van der Waals surface area contributed by atoms with Crippen molar-refractivity contribution < 1.29 is 9.13 Å². The van der Waals surface area contributed by atoms with Crippen LogP contribution in [0.1, 0.15) is 18.4 Å². The molecule has 1 unspecified atom stereocenters. The minimum absolute atomic E-state index is 0.168. The molecule has 3 aromatic rings. The van der Waals surface area contributed by atoms with Gasteiger partial charge in [-0.3, -0.25) is 4.99 Å². The number of hydrogen-bond donors (Lipinski definition) is 0. The molecule has 0 amide bonds. The van der Waals surface area contributed by atoms with Gasteiger partial charge < -0.3 is 4.74 Å². The molecule has 1 fully saturated rings. The fourth-order valence-electron chi connectivity index (χ4n) is 3.02. The summed E-state index contributed by atoms with van der Waals surface area (Å²) in [5.41, 5.74) is 2.57. The highest BCUT2D eigenvalue weighted by Crippen LogP contribution is 2.22. The number of benzene rings is 2. The summed E-state index contributed by atoms with van der Waals surface area (Å²) in [6.45, 7) is 1.41. The molecular formula is C21H19ClFN3OS. The van der Waals surface area contributed by atoms with Gasteiger partial charge in [0.1, 0.15) is 5.82 Å². The maximum atomic E-state index is 13.5. The van der Waals surface area contributed by atoms with Crippen LogP contribution in [0.2, 0.25) is 5.02 Å². The topological polar surface area (TPSA) is 38.9 Å². The predicted octanol–water partition coefficient (Wildman–Crippen LogP) is 4.97. The predicted molar refractivity (Wildman–Crippen MR) is 112 cm³/mol. The molecule has 1 aromatic heterocycles. The maximum absolute atomic E-state index is 13.5. The molecule has 1 aliphatic heterocycles. The van der Waals surface area contributed by atoms with Crippen molar-refractivity contribution in [2.24, 2.45) is 10.1 Å². The van der Waals surface area contributed by atoms with E-state index in [1.165, 1.54) is 23.5 Å². The van der Waals surface area contributed by atoms with Crippen molar-refractivity contribution in [1.82, 2.24) is 4.68 Å². The number of halogens is 2. The molecule has 144 valence electrons. The molecule has 0 spiro atoms. The number of ether oxygens (including phenoxy) is 1. The zero-order valence-electron chi connectivity index (χ0n) is 15.1. The van der Waals surface area contributed by atoms with Crippen molar-refractivity contribution in [3.05, 3.63) is 75.1 Å². The number of nitrogens with zero attached hydrogens (tertiary/aromatic N) is 3. The summed E-state index contributed by atoms with van der Waals surface area (Å²) in [5.74, 6) is -0.291. The Labute approximate surface area is 171 Å². The van der Waals surface area contributed by atoms with Crippen LogP contribution in [-0.4, -0.2) is 30.1 Å². The van der Waals surface area contributed by atoms with Crippen molar-refractivity contribution in [2.75, 3.05) is 13.2 Å². The van der Waals surface area contributed by atoms with E-state index in [0.29, 0.717) is 17.1 Å². The minimum Gasteiger partial charge on any atom is -0.376 e. The van der Waals surface area contributed by atoms with E-state index in [0.717, 1.165) is 35.5 Å². The molecule has 1 atom stereocenters. The van der Waals surface area contributed by atoms with Gasteiger partial charge in [-0.2, -0.15) is 5.10 Å². The first-order chi connectivity index (χ1) is 13.7. The number of hydrogen-bond acceptors (Lipinski definition) is 4. The molecule has 1 saturated heterocycles. The molecule has 0 saturated carbocycles. The Kier molecular flexibility index (Phi) is 6.00. The van der Waals surface area contributed by atoms with Gasteiger partial charge >= 0.3 is 0 Å². The summed E-state index contributed by atoms with van der Waals surface area (Å²) in [6, 6.07) is 13.9. The van der Waals surface area contributed by atoms with Crippen molar-refractivity contribution in [2.45, 2.75) is 18.9 Å². The van der Waals surface area contributed by atoms with Crippen molar-refractivity contribution in [3.8, 4) is 11.3 Å². The number of rotatable bonds is 5. The molecule has 4 nitrogen and oxygen atoms in total. The van der Waals surface area contributed by atoms with Crippen LogP contribution in [-0.2, 0) is 4.74 Å². The van der Waals surface area contributed by atoms with Crippen LogP contribution in [0.4, 0.5) is 4.39 Å². The third-order valence-corrected chi connectivity index (χ3v) is 5.56. The van der Waals surface area contributed by atoms with E-state index in [4.69, 9.17) is 21.3 Å². The molecule has 0 N–H and O–H groups in total. The van der Waals surface area contributed by atoms with Gasteiger partial charge in [0.25, 0.3) is 0 Å². The summed E-state index contributed by atoms with van der Waals surface area (Å²) in [7, 11) is 0. The summed E-state index contributed by atoms with van der Waals surface area (Å²) in [5, 5.41) is 7.28. The highest BCUT2D eigenvalue weighted by Gasteiger charge is 2.15. The lowest BCUT2D eigenvalue weighted by atomic mass is 10.2. The molecule has 2 aromatic carbocycles. The second-order valence-electron chi connectivity index (χ2n) is 6.50. The Balaban J connectivity index is 1.71. The third kappa shape index (κ3) is 4.58. The van der Waals surface area contributed by atoms with E-state index < -0.39 is 0 Å². The zero-order valence-corrected chi connectivity index (χ0v) is 16.7. The number of aromatic nitrogens is 1. The Morgan fingerprint density at radius 1 is 1.25 bits per heavy atom. The van der Waals surface area contributed by atoms with Crippen LogP contribution in [0.15, 0.2) is 64.0 Å². The molecule has 0 aliphatic carbocycles. The maximum Gasteiger partial charge on any atom is 0.206 e. The Hall–Kier alpha value is -2.28. The lowest BCUT2D eigenvalue weighted by Gasteiger charge is -2.06. The summed E-state index contributed by atoms with van der Waals surface area (Å²) >= 11 is 7.54. The van der Waals surface area contributed by atoms with Crippen LogP contribution in [0.5, 0.6) is 0 Å². The molecule has 4 rings (SSSR count). The van der Waals surface area contributed by atoms with Crippen LogP contribution in [0.3, 0.4) is 0 Å². The first kappa shape index (κ1) is 19.1. The van der Waals surface area contributed by atoms with Crippen LogP contribution in [0, 0.1) is 5.82 Å². The standard InChI is InChI=1S/C21H19ClFN3OS/c22-17-8-6-16(7-9-17)20-14-28-21(24-13-19-5-2-10-27-19)26(20)25-12-15-3-1-4-18(23)11-15/h1,3-4,6-9,11-12,14,19H,2,5,10,13H2. The van der Waals surface area contributed by atoms with Gasteiger partial charge in [-0.05, 0) is 42.7 Å². The highest BCUT2D eigenvalue weighted by atomic mass is 35.5. The average Bonchev–Trinajstić information content (AvgIpc) is 3.35. The van der Waals surface area contributed by atoms with Crippen LogP contribution in [0.25, 0.3) is 11.3 Å². The van der Waals surface area contributed by atoms with Gasteiger partial charge in [0, 0.05) is 22.6 Å². The quantitative estimate of drug-likeness (QED) is 0.542. The van der Waals surface area contributed by atoms with Crippen LogP contribution >= 0.6 is 22.9 Å². The van der Waals surface area contributed by atoms with Gasteiger partial charge in [-0.15, -0.1) is 11.3 Å². The Morgan fingerprint density at radius 3 is 2.86 bits per heavy atom. The molecule has 7 heteroatoms. The Morgan fingerprint density at radius 2 is 2.11 bits per heavy atom. The van der Waals surface area contributed by atoms with Crippen molar-refractivity contribution in [3.63, 3.8) is 0 Å². The largest absolute Gasteiger partial charge is 0.376 e. The van der Waals surface area contributed by atoms with Crippen molar-refractivity contribution in [1.29, 1.82) is 0 Å². The Bertz CT molecular complexity index is 1040. The van der Waals surface area contributed by atoms with E-state index >= 15 is 0 Å². The first-order valence-corrected chi connectivity index (χ1v) is 10.3. The first-order valence-electron chi connectivity index (χ1n) is 9.07. The fraction of sp³-hybridized carbons (Fsp3) is 0.238. The normalized spacial score (nSPS) is 17.6. The molecule has 0 bridgehead atoms. The highest BCUT2D eigenvalue weighted by molar-refractivity contribution is 7.07. The van der Waals surface area contributed by atoms with E-state index in [1.807, 2.05) is 35.7 Å². The lowest BCUT2D eigenvalue weighted by Crippen LogP contribution is -2.17. The summed E-state index contributed by atoms with van der Waals surface area (Å²) in [4.78, 5) is 5.50. The molecule has 28 heavy (non-hydrogen) atoms. The van der Waals surface area contributed by atoms with Gasteiger partial charge in [-0.25, -0.2) is 9.07 Å². The minimum atomic E-state index is -0.291. The van der Waals surface area contributed by atoms with E-state index in [-0.39, 0.29) is 11.9 Å². The van der Waals surface area contributed by atoms with Gasteiger partial charge in [0.2, 0.25) is 4.80 Å². The molecular weight excluding hydrogens is 397 g/mol. The van der Waals surface area contributed by atoms with E-state index in [1.54, 1.807) is 17.0 Å². The molecule has 2 heterocycles.